The fourth-order valence-electron chi connectivity index (χ4n) is 6.98. The lowest BCUT2D eigenvalue weighted by molar-refractivity contribution is -0.136. The van der Waals surface area contributed by atoms with Crippen LogP contribution in [0.15, 0.2) is 53.6 Å². The number of hydrogen-bond donors (Lipinski definition) is 3. The van der Waals surface area contributed by atoms with Gasteiger partial charge in [-0.05, 0) is 54.7 Å². The van der Waals surface area contributed by atoms with Crippen molar-refractivity contribution in [3.63, 3.8) is 0 Å². The smallest absolute Gasteiger partial charge is 0.276 e. The number of H-pyrrole nitrogens is 1. The molecule has 3 amide bonds. The Kier molecular flexibility index (Phi) is 8.15. The Balaban J connectivity index is 1.01. The van der Waals surface area contributed by atoms with Crippen LogP contribution >= 0.6 is 0 Å². The fourth-order valence-corrected chi connectivity index (χ4v) is 6.98. The van der Waals surface area contributed by atoms with Crippen molar-refractivity contribution >= 4 is 34.3 Å². The van der Waals surface area contributed by atoms with E-state index in [1.54, 1.807) is 33.7 Å². The van der Waals surface area contributed by atoms with E-state index < -0.39 is 11.5 Å². The number of aryl methyl sites for hydroxylation is 1. The highest BCUT2D eigenvalue weighted by Gasteiger charge is 2.53. The number of nitrogens with one attached hydrogen (secondary N) is 3. The van der Waals surface area contributed by atoms with Crippen molar-refractivity contribution in [3.05, 3.63) is 70.3 Å². The molecular formula is C35H39N7O6. The van der Waals surface area contributed by atoms with E-state index in [0.29, 0.717) is 62.6 Å². The van der Waals surface area contributed by atoms with Gasteiger partial charge in [0.15, 0.2) is 0 Å². The molecule has 2 saturated heterocycles. The number of rotatable bonds is 9. The molecule has 1 unspecified atom stereocenters. The highest BCUT2D eigenvalue weighted by atomic mass is 16.5. The molecule has 0 radical (unpaired) electrons. The zero-order valence-corrected chi connectivity index (χ0v) is 27.3. The van der Waals surface area contributed by atoms with Crippen LogP contribution < -0.4 is 25.7 Å². The third-order valence-electron chi connectivity index (χ3n) is 9.92. The predicted octanol–water partition coefficient (Wildman–Crippen LogP) is 2.54. The number of pyridine rings is 1. The van der Waals surface area contributed by atoms with E-state index in [-0.39, 0.29) is 23.3 Å². The second kappa shape index (κ2) is 12.5. The third-order valence-corrected chi connectivity index (χ3v) is 9.92. The minimum Gasteiger partial charge on any atom is -0.496 e. The number of fused-ring (bicyclic) bond motifs is 1. The Morgan fingerprint density at radius 2 is 1.71 bits per heavy atom. The highest BCUT2D eigenvalue weighted by molar-refractivity contribution is 6.01. The quantitative estimate of drug-likeness (QED) is 0.232. The van der Waals surface area contributed by atoms with E-state index in [1.165, 1.54) is 4.57 Å². The number of piperazine rings is 1. The molecule has 7 rings (SSSR count). The summed E-state index contributed by atoms with van der Waals surface area (Å²) in [4.78, 5) is 54.3. The molecule has 4 aromatic rings. The molecule has 2 aromatic carbocycles. The molecule has 1 saturated carbocycles. The van der Waals surface area contributed by atoms with Gasteiger partial charge in [0.25, 0.3) is 5.56 Å². The number of carbonyl (C=O) groups is 3. The van der Waals surface area contributed by atoms with Crippen LogP contribution in [0.5, 0.6) is 11.5 Å². The molecule has 2 aromatic heterocycles. The van der Waals surface area contributed by atoms with Gasteiger partial charge in [-0.2, -0.15) is 5.10 Å². The lowest BCUT2D eigenvalue weighted by atomic mass is 9.93. The summed E-state index contributed by atoms with van der Waals surface area (Å²) in [5, 5.41) is 13.2. The molecule has 3 fully saturated rings. The average molecular weight is 654 g/mol. The SMILES string of the molecule is COc1cc(-c2cn(C)c(=O)c3[nH]ncc23)cc(OC)c1CN1CCN(C(=O)C2(c3ccc(NC4CCC(=O)NC4=O)cc3)CC2)CC1. The molecule has 0 bridgehead atoms. The topological polar surface area (TPSA) is 151 Å². The number of aromatic nitrogens is 3. The Labute approximate surface area is 277 Å². The second-order valence-electron chi connectivity index (χ2n) is 12.9. The maximum atomic E-state index is 13.9. The van der Waals surface area contributed by atoms with Gasteiger partial charge in [-0.1, -0.05) is 12.1 Å². The molecule has 250 valence electrons. The zero-order valence-electron chi connectivity index (χ0n) is 27.3. The Morgan fingerprint density at radius 3 is 2.33 bits per heavy atom. The molecule has 1 atom stereocenters. The van der Waals surface area contributed by atoms with E-state index in [1.807, 2.05) is 41.3 Å². The van der Waals surface area contributed by atoms with Gasteiger partial charge in [-0.15, -0.1) is 0 Å². The molecule has 1 aliphatic carbocycles. The normalized spacial score (nSPS) is 19.2. The molecule has 3 aliphatic rings. The van der Waals surface area contributed by atoms with Crippen LogP contribution in [0.1, 0.15) is 36.8 Å². The Morgan fingerprint density at radius 1 is 1.02 bits per heavy atom. The molecular weight excluding hydrogens is 614 g/mol. The summed E-state index contributed by atoms with van der Waals surface area (Å²) >= 11 is 0. The van der Waals surface area contributed by atoms with Gasteiger partial charge in [0.1, 0.15) is 23.1 Å². The summed E-state index contributed by atoms with van der Waals surface area (Å²) in [6, 6.07) is 11.3. The minimum atomic E-state index is -0.501. The number of imide groups is 1. The number of nitrogens with zero attached hydrogens (tertiary/aromatic N) is 4. The van der Waals surface area contributed by atoms with E-state index >= 15 is 0 Å². The summed E-state index contributed by atoms with van der Waals surface area (Å²) < 4.78 is 13.3. The number of ether oxygens (including phenoxy) is 2. The summed E-state index contributed by atoms with van der Waals surface area (Å²) in [7, 11) is 4.99. The number of hydrogen-bond acceptors (Lipinski definition) is 9. The van der Waals surface area contributed by atoms with Crippen LogP contribution in [-0.2, 0) is 33.4 Å². The number of amides is 3. The van der Waals surface area contributed by atoms with Gasteiger partial charge in [-0.3, -0.25) is 34.5 Å². The molecule has 13 heteroatoms. The standard InChI is InChI=1S/C35H39N7O6/c1-40-19-25(24-18-36-39-31(24)33(40)45)21-16-28(47-2)26(29(17-21)48-3)20-41-12-14-42(15-13-41)34(46)35(10-11-35)22-4-6-23(7-5-22)37-27-8-9-30(43)38-32(27)44/h4-7,16-19,27,37H,8-15,20H2,1-3H3,(H,36,39)(H,38,43,44). The summed E-state index contributed by atoms with van der Waals surface area (Å²) in [6.45, 7) is 3.25. The van der Waals surface area contributed by atoms with Crippen LogP contribution in [0.4, 0.5) is 5.69 Å². The Hall–Kier alpha value is -5.17. The highest BCUT2D eigenvalue weighted by Crippen LogP contribution is 2.50. The predicted molar refractivity (Wildman–Crippen MR) is 179 cm³/mol. The summed E-state index contributed by atoms with van der Waals surface area (Å²) in [5.74, 6) is 0.972. The van der Waals surface area contributed by atoms with Crippen molar-refractivity contribution in [2.75, 3.05) is 45.7 Å². The van der Waals surface area contributed by atoms with Crippen molar-refractivity contribution in [1.82, 2.24) is 29.9 Å². The number of benzene rings is 2. The molecule has 13 nitrogen and oxygen atoms in total. The largest absolute Gasteiger partial charge is 0.496 e. The lowest BCUT2D eigenvalue weighted by Crippen LogP contribution is -2.51. The molecule has 48 heavy (non-hydrogen) atoms. The van der Waals surface area contributed by atoms with Crippen LogP contribution in [0.3, 0.4) is 0 Å². The van der Waals surface area contributed by atoms with Crippen LogP contribution in [-0.4, -0.2) is 88.7 Å². The van der Waals surface area contributed by atoms with E-state index in [0.717, 1.165) is 46.2 Å². The lowest BCUT2D eigenvalue weighted by Gasteiger charge is -2.37. The first-order valence-corrected chi connectivity index (χ1v) is 16.2. The van der Waals surface area contributed by atoms with Crippen molar-refractivity contribution < 1.29 is 23.9 Å². The molecule has 3 N–H and O–H groups in total. The maximum absolute atomic E-state index is 13.9. The van der Waals surface area contributed by atoms with Gasteiger partial charge < -0.3 is 24.3 Å². The van der Waals surface area contributed by atoms with Crippen LogP contribution in [0, 0.1) is 0 Å². The second-order valence-corrected chi connectivity index (χ2v) is 12.9. The number of aromatic amines is 1. The van der Waals surface area contributed by atoms with Crippen LogP contribution in [0.25, 0.3) is 22.0 Å². The van der Waals surface area contributed by atoms with Gasteiger partial charge in [0, 0.05) is 69.0 Å². The van der Waals surface area contributed by atoms with E-state index in [2.05, 4.69) is 25.7 Å². The number of piperidine rings is 1. The minimum absolute atomic E-state index is 0.149. The van der Waals surface area contributed by atoms with Gasteiger partial charge in [0.05, 0.1) is 31.4 Å². The molecule has 2 aliphatic heterocycles. The first-order valence-electron chi connectivity index (χ1n) is 16.2. The number of carbonyl (C=O) groups excluding carboxylic acids is 3. The zero-order chi connectivity index (χ0) is 33.6. The average Bonchev–Trinajstić information content (AvgIpc) is 3.76. The van der Waals surface area contributed by atoms with Gasteiger partial charge >= 0.3 is 0 Å². The first-order chi connectivity index (χ1) is 23.2. The van der Waals surface area contributed by atoms with Crippen LogP contribution in [0.2, 0.25) is 0 Å². The maximum Gasteiger partial charge on any atom is 0.276 e. The third kappa shape index (κ3) is 5.68. The van der Waals surface area contributed by atoms with Crippen molar-refractivity contribution in [1.29, 1.82) is 0 Å². The number of anilines is 1. The Bertz CT molecular complexity index is 1930. The van der Waals surface area contributed by atoms with Gasteiger partial charge in [0.2, 0.25) is 17.7 Å². The number of methoxy groups -OCH3 is 2. The van der Waals surface area contributed by atoms with Crippen molar-refractivity contribution in [2.45, 2.75) is 43.7 Å². The van der Waals surface area contributed by atoms with E-state index in [9.17, 15) is 19.2 Å². The molecule has 0 spiro atoms. The van der Waals surface area contributed by atoms with Crippen molar-refractivity contribution in [2.24, 2.45) is 7.05 Å². The monoisotopic (exact) mass is 653 g/mol. The fraction of sp³-hybridized carbons (Fsp3) is 0.400. The molecule has 4 heterocycles. The van der Waals surface area contributed by atoms with Crippen molar-refractivity contribution in [3.8, 4) is 22.6 Å². The van der Waals surface area contributed by atoms with E-state index in [4.69, 9.17) is 9.47 Å². The summed E-state index contributed by atoms with van der Waals surface area (Å²) in [5.41, 5.74) is 4.17. The summed E-state index contributed by atoms with van der Waals surface area (Å²) in [6.07, 6.45) is 5.85. The van der Waals surface area contributed by atoms with Gasteiger partial charge in [-0.25, -0.2) is 0 Å². The first kappa shape index (κ1) is 31.4.